The SMILES string of the molecule is COc1cc(F)c(C2CC(=O)NCC2NC(=O)Nc2csc(Cl)c2)c(F)c1. The third kappa shape index (κ3) is 4.48. The fourth-order valence-electron chi connectivity index (χ4n) is 2.98. The molecule has 1 aromatic carbocycles. The van der Waals surface area contributed by atoms with Gasteiger partial charge in [-0.3, -0.25) is 4.79 Å². The van der Waals surface area contributed by atoms with Gasteiger partial charge in [0.2, 0.25) is 5.91 Å². The molecule has 0 saturated carbocycles. The van der Waals surface area contributed by atoms with Crippen molar-refractivity contribution in [2.24, 2.45) is 0 Å². The normalized spacial score (nSPS) is 19.3. The van der Waals surface area contributed by atoms with Gasteiger partial charge in [-0.2, -0.15) is 0 Å². The van der Waals surface area contributed by atoms with Gasteiger partial charge in [0.05, 0.1) is 23.2 Å². The van der Waals surface area contributed by atoms with Gasteiger partial charge in [-0.25, -0.2) is 13.6 Å². The minimum absolute atomic E-state index is 0.0330. The number of halogens is 3. The van der Waals surface area contributed by atoms with E-state index >= 15 is 0 Å². The second-order valence-electron chi connectivity index (χ2n) is 5.96. The highest BCUT2D eigenvalue weighted by atomic mass is 35.5. The lowest BCUT2D eigenvalue weighted by molar-refractivity contribution is -0.123. The Hall–Kier alpha value is -2.39. The number of hydrogen-bond acceptors (Lipinski definition) is 4. The van der Waals surface area contributed by atoms with Crippen molar-refractivity contribution < 1.29 is 23.1 Å². The van der Waals surface area contributed by atoms with E-state index < -0.39 is 29.6 Å². The van der Waals surface area contributed by atoms with Crippen LogP contribution in [0.25, 0.3) is 0 Å². The Morgan fingerprint density at radius 1 is 1.33 bits per heavy atom. The summed E-state index contributed by atoms with van der Waals surface area (Å²) in [5.74, 6) is -2.84. The molecule has 2 heterocycles. The summed E-state index contributed by atoms with van der Waals surface area (Å²) >= 11 is 7.07. The fraction of sp³-hybridized carbons (Fsp3) is 0.294. The van der Waals surface area contributed by atoms with Crippen LogP contribution in [-0.2, 0) is 4.79 Å². The predicted molar refractivity (Wildman–Crippen MR) is 98.5 cm³/mol. The predicted octanol–water partition coefficient (Wildman–Crippen LogP) is 3.48. The zero-order valence-corrected chi connectivity index (χ0v) is 15.7. The number of nitrogens with one attached hydrogen (secondary N) is 3. The van der Waals surface area contributed by atoms with E-state index in [4.69, 9.17) is 16.3 Å². The number of amides is 3. The number of piperidine rings is 1. The van der Waals surface area contributed by atoms with Crippen LogP contribution >= 0.6 is 22.9 Å². The van der Waals surface area contributed by atoms with E-state index in [1.165, 1.54) is 18.4 Å². The standard InChI is InChI=1S/C17H16ClF2N3O3S/c1-26-9-3-11(19)16(12(20)4-9)10-5-15(24)21-6-13(10)23-17(25)22-8-2-14(18)27-7-8/h2-4,7,10,13H,5-6H2,1H3,(H,21,24)(H2,22,23,25). The van der Waals surface area contributed by atoms with Crippen molar-refractivity contribution in [2.75, 3.05) is 19.0 Å². The van der Waals surface area contributed by atoms with Gasteiger partial charge in [-0.05, 0) is 6.07 Å². The minimum Gasteiger partial charge on any atom is -0.497 e. The number of rotatable bonds is 4. The molecule has 1 aliphatic rings. The number of thiophene rings is 1. The van der Waals surface area contributed by atoms with Crippen LogP contribution in [0.4, 0.5) is 19.3 Å². The van der Waals surface area contributed by atoms with E-state index in [2.05, 4.69) is 16.0 Å². The molecule has 3 N–H and O–H groups in total. The number of hydrogen-bond donors (Lipinski definition) is 3. The highest BCUT2D eigenvalue weighted by molar-refractivity contribution is 7.14. The topological polar surface area (TPSA) is 79.5 Å². The number of ether oxygens (including phenoxy) is 1. The van der Waals surface area contributed by atoms with Crippen LogP contribution in [0.2, 0.25) is 4.34 Å². The Morgan fingerprint density at radius 3 is 2.63 bits per heavy atom. The number of carbonyl (C=O) groups excluding carboxylic acids is 2. The van der Waals surface area contributed by atoms with Crippen LogP contribution in [0.5, 0.6) is 5.75 Å². The van der Waals surface area contributed by atoms with Gasteiger partial charge in [-0.1, -0.05) is 11.6 Å². The van der Waals surface area contributed by atoms with Crippen LogP contribution in [-0.4, -0.2) is 31.6 Å². The largest absolute Gasteiger partial charge is 0.497 e. The Bertz CT molecular complexity index is 854. The quantitative estimate of drug-likeness (QED) is 0.715. The van der Waals surface area contributed by atoms with Crippen molar-refractivity contribution in [1.29, 1.82) is 0 Å². The first-order chi connectivity index (χ1) is 12.9. The van der Waals surface area contributed by atoms with Crippen molar-refractivity contribution >= 4 is 40.6 Å². The molecular weight excluding hydrogens is 400 g/mol. The van der Waals surface area contributed by atoms with Crippen molar-refractivity contribution in [2.45, 2.75) is 18.4 Å². The molecule has 1 saturated heterocycles. The number of benzene rings is 1. The second-order valence-corrected chi connectivity index (χ2v) is 7.51. The highest BCUT2D eigenvalue weighted by Crippen LogP contribution is 2.33. The summed E-state index contributed by atoms with van der Waals surface area (Å²) in [6.07, 6.45) is -0.157. The van der Waals surface area contributed by atoms with E-state index in [0.29, 0.717) is 10.0 Å². The summed E-state index contributed by atoms with van der Waals surface area (Å²) in [5.41, 5.74) is 0.246. The van der Waals surface area contributed by atoms with Gasteiger partial charge in [0.25, 0.3) is 0 Å². The van der Waals surface area contributed by atoms with E-state index in [9.17, 15) is 18.4 Å². The zero-order valence-electron chi connectivity index (χ0n) is 14.1. The van der Waals surface area contributed by atoms with Crippen molar-refractivity contribution in [3.05, 3.63) is 45.1 Å². The van der Waals surface area contributed by atoms with Crippen molar-refractivity contribution in [3.8, 4) is 5.75 Å². The van der Waals surface area contributed by atoms with Gasteiger partial charge < -0.3 is 20.7 Å². The van der Waals surface area contributed by atoms with Crippen LogP contribution in [0.3, 0.4) is 0 Å². The third-order valence-electron chi connectivity index (χ3n) is 4.21. The summed E-state index contributed by atoms with van der Waals surface area (Å²) in [6.45, 7) is 0.0478. The fourth-order valence-corrected chi connectivity index (χ4v) is 3.79. The first kappa shape index (κ1) is 19.4. The molecule has 3 rings (SSSR count). The Morgan fingerprint density at radius 2 is 2.04 bits per heavy atom. The maximum absolute atomic E-state index is 14.5. The van der Waals surface area contributed by atoms with Crippen molar-refractivity contribution in [3.63, 3.8) is 0 Å². The number of methoxy groups -OCH3 is 1. The van der Waals surface area contributed by atoms with Gasteiger partial charge in [0.1, 0.15) is 17.4 Å². The smallest absolute Gasteiger partial charge is 0.319 e. The molecule has 6 nitrogen and oxygen atoms in total. The van der Waals surface area contributed by atoms with E-state index in [0.717, 1.165) is 12.1 Å². The highest BCUT2D eigenvalue weighted by Gasteiger charge is 2.35. The molecule has 0 spiro atoms. The molecule has 1 aromatic heterocycles. The lowest BCUT2D eigenvalue weighted by Gasteiger charge is -2.33. The van der Waals surface area contributed by atoms with Crippen molar-refractivity contribution in [1.82, 2.24) is 10.6 Å². The summed E-state index contributed by atoms with van der Waals surface area (Å²) in [4.78, 5) is 24.0. The Kier molecular flexibility index (Phi) is 5.81. The van der Waals surface area contributed by atoms with E-state index in [1.54, 1.807) is 11.4 Å². The Labute approximate surface area is 162 Å². The monoisotopic (exact) mass is 415 g/mol. The summed E-state index contributed by atoms with van der Waals surface area (Å²) < 4.78 is 34.3. The molecular formula is C17H16ClF2N3O3S. The maximum atomic E-state index is 14.5. The molecule has 10 heteroatoms. The average Bonchev–Trinajstić information content (AvgIpc) is 3.01. The van der Waals surface area contributed by atoms with E-state index in [1.807, 2.05) is 0 Å². The van der Waals surface area contributed by atoms with Gasteiger partial charge in [-0.15, -0.1) is 11.3 Å². The minimum atomic E-state index is -0.860. The first-order valence-corrected chi connectivity index (χ1v) is 9.24. The molecule has 2 unspecified atom stereocenters. The van der Waals surface area contributed by atoms with Crippen LogP contribution in [0.15, 0.2) is 23.6 Å². The molecule has 2 atom stereocenters. The van der Waals surface area contributed by atoms with Gasteiger partial charge in [0, 0.05) is 42.0 Å². The Balaban J connectivity index is 1.81. The molecule has 0 radical (unpaired) electrons. The van der Waals surface area contributed by atoms with E-state index in [-0.39, 0.29) is 30.2 Å². The van der Waals surface area contributed by atoms with Gasteiger partial charge >= 0.3 is 6.03 Å². The molecule has 3 amide bonds. The molecule has 2 aromatic rings. The number of urea groups is 1. The molecule has 1 aliphatic heterocycles. The lowest BCUT2D eigenvalue weighted by atomic mass is 9.85. The number of anilines is 1. The molecule has 0 aliphatic carbocycles. The first-order valence-electron chi connectivity index (χ1n) is 7.98. The third-order valence-corrected chi connectivity index (χ3v) is 5.30. The molecule has 1 fully saturated rings. The molecule has 27 heavy (non-hydrogen) atoms. The van der Waals surface area contributed by atoms with Crippen LogP contribution in [0.1, 0.15) is 17.9 Å². The summed E-state index contributed by atoms with van der Waals surface area (Å²) in [7, 11) is 1.30. The maximum Gasteiger partial charge on any atom is 0.319 e. The second kappa shape index (κ2) is 8.10. The van der Waals surface area contributed by atoms with Crippen LogP contribution < -0.4 is 20.7 Å². The summed E-state index contributed by atoms with van der Waals surface area (Å²) in [6, 6.07) is 2.42. The zero-order chi connectivity index (χ0) is 19.6. The average molecular weight is 416 g/mol. The molecule has 144 valence electrons. The van der Waals surface area contributed by atoms with Crippen LogP contribution in [0, 0.1) is 11.6 Å². The van der Waals surface area contributed by atoms with Gasteiger partial charge in [0.15, 0.2) is 0 Å². The summed E-state index contributed by atoms with van der Waals surface area (Å²) in [5, 5.41) is 9.51. The lowest BCUT2D eigenvalue weighted by Crippen LogP contribution is -2.53. The molecule has 0 bridgehead atoms. The number of carbonyl (C=O) groups is 2.